The second kappa shape index (κ2) is 13.1. The van der Waals surface area contributed by atoms with Gasteiger partial charge in [-0.15, -0.1) is 0 Å². The van der Waals surface area contributed by atoms with Gasteiger partial charge in [0.25, 0.3) is 0 Å². The van der Waals surface area contributed by atoms with E-state index in [9.17, 15) is 0 Å². The van der Waals surface area contributed by atoms with E-state index in [2.05, 4.69) is 130 Å². The topological polar surface area (TPSA) is 77.3 Å². The summed E-state index contributed by atoms with van der Waals surface area (Å²) >= 11 is 0. The average Bonchev–Trinajstić information content (AvgIpc) is 3.29. The first-order valence-electron chi connectivity index (χ1n) is 18.8. The fourth-order valence-electron chi connectivity index (χ4n) is 8.55. The highest BCUT2D eigenvalue weighted by Crippen LogP contribution is 2.56. The van der Waals surface area contributed by atoms with E-state index in [1.54, 1.807) is 12.4 Å². The van der Waals surface area contributed by atoms with Crippen LogP contribution in [0.25, 0.3) is 67.5 Å². The van der Waals surface area contributed by atoms with Gasteiger partial charge in [0.2, 0.25) is 0 Å². The predicted molar refractivity (Wildman–Crippen MR) is 221 cm³/mol. The molecule has 2 unspecified atom stereocenters. The SMILES string of the molecule is c1ccc(-c2nc(-c3ccc(-c4cccnc4)cc3)nc(-c3ccc(-c4ccc5c(c4)C4c6ccccc6C5c5cc(-c6ccnnc6)ccc54)cc3)n2)cc1. The molecule has 3 aliphatic rings. The van der Waals surface area contributed by atoms with Gasteiger partial charge in [0, 0.05) is 46.5 Å². The number of hydrogen-bond acceptors (Lipinski definition) is 6. The van der Waals surface area contributed by atoms with Crippen molar-refractivity contribution < 1.29 is 0 Å². The van der Waals surface area contributed by atoms with Crippen LogP contribution in [0.5, 0.6) is 0 Å². The molecule has 0 aliphatic heterocycles. The molecule has 3 aliphatic carbocycles. The van der Waals surface area contributed by atoms with Crippen LogP contribution in [0.2, 0.25) is 0 Å². The van der Waals surface area contributed by atoms with Gasteiger partial charge >= 0.3 is 0 Å². The molecule has 3 aromatic heterocycles. The van der Waals surface area contributed by atoms with Crippen molar-refractivity contribution in [2.24, 2.45) is 0 Å². The van der Waals surface area contributed by atoms with Gasteiger partial charge in [-0.1, -0.05) is 133 Å². The summed E-state index contributed by atoms with van der Waals surface area (Å²) in [7, 11) is 0. The van der Waals surface area contributed by atoms with Crippen molar-refractivity contribution in [3.63, 3.8) is 0 Å². The molecule has 2 atom stereocenters. The highest BCUT2D eigenvalue weighted by molar-refractivity contribution is 5.77. The lowest BCUT2D eigenvalue weighted by Gasteiger charge is -2.42. The Bertz CT molecular complexity index is 2890. The minimum atomic E-state index is 0.170. The van der Waals surface area contributed by atoms with Crippen LogP contribution < -0.4 is 0 Å². The van der Waals surface area contributed by atoms with Crippen LogP contribution in [-0.2, 0) is 0 Å². The Morgan fingerprint density at radius 3 is 1.27 bits per heavy atom. The molecule has 6 heteroatoms. The zero-order chi connectivity index (χ0) is 37.0. The van der Waals surface area contributed by atoms with Gasteiger partial charge in [0.1, 0.15) is 0 Å². The summed E-state index contributed by atoms with van der Waals surface area (Å²) in [5.74, 6) is 2.25. The first kappa shape index (κ1) is 32.0. The van der Waals surface area contributed by atoms with Crippen LogP contribution in [0.1, 0.15) is 45.2 Å². The van der Waals surface area contributed by atoms with Gasteiger partial charge in [-0.3, -0.25) is 4.98 Å². The molecule has 9 aromatic rings. The fraction of sp³-hybridized carbons (Fsp3) is 0.0400. The molecule has 2 bridgehead atoms. The Hall–Kier alpha value is -7.44. The highest BCUT2D eigenvalue weighted by Gasteiger charge is 2.41. The molecule has 0 saturated carbocycles. The molecule has 3 heterocycles. The van der Waals surface area contributed by atoms with Crippen LogP contribution in [0, 0.1) is 0 Å². The minimum Gasteiger partial charge on any atom is -0.264 e. The van der Waals surface area contributed by atoms with E-state index in [4.69, 9.17) is 15.0 Å². The number of benzene rings is 6. The largest absolute Gasteiger partial charge is 0.264 e. The van der Waals surface area contributed by atoms with Gasteiger partial charge in [-0.05, 0) is 85.5 Å². The molecule has 0 amide bonds. The maximum Gasteiger partial charge on any atom is 0.164 e. The van der Waals surface area contributed by atoms with Crippen LogP contribution in [-0.4, -0.2) is 30.1 Å². The van der Waals surface area contributed by atoms with E-state index in [1.165, 1.54) is 44.5 Å². The van der Waals surface area contributed by atoms with Crippen molar-refractivity contribution in [2.75, 3.05) is 0 Å². The standard InChI is InChI=1S/C50H32N6/c1-2-7-33(8-3-1)48-54-49(56-50(55-48)35-18-14-32(15-19-35)38-9-6-25-51-29-38)34-16-12-31(13-17-34)36-20-22-42-44(27-36)46-40-10-4-5-11-41(40)47(42)45-28-37(21-23-43(45)46)39-24-26-52-53-30-39/h1-30,46-47H. The van der Waals surface area contributed by atoms with Crippen LogP contribution in [0.15, 0.2) is 183 Å². The summed E-state index contributed by atoms with van der Waals surface area (Å²) in [4.78, 5) is 19.2. The van der Waals surface area contributed by atoms with Crippen molar-refractivity contribution in [3.8, 4) is 67.5 Å². The lowest BCUT2D eigenvalue weighted by Crippen LogP contribution is -2.27. The monoisotopic (exact) mass is 716 g/mol. The third-order valence-electron chi connectivity index (χ3n) is 11.2. The Morgan fingerprint density at radius 2 is 0.732 bits per heavy atom. The maximum atomic E-state index is 5.01. The van der Waals surface area contributed by atoms with Gasteiger partial charge < -0.3 is 0 Å². The molecule has 0 radical (unpaired) electrons. The zero-order valence-electron chi connectivity index (χ0n) is 30.2. The lowest BCUT2D eigenvalue weighted by atomic mass is 9.60. The first-order chi connectivity index (χ1) is 27.7. The molecule has 6 aromatic carbocycles. The summed E-state index contributed by atoms with van der Waals surface area (Å²) in [5.41, 5.74) is 17.9. The second-order valence-electron chi connectivity index (χ2n) is 14.4. The van der Waals surface area contributed by atoms with Crippen LogP contribution in [0.3, 0.4) is 0 Å². The fourth-order valence-corrected chi connectivity index (χ4v) is 8.55. The first-order valence-corrected chi connectivity index (χ1v) is 18.8. The summed E-state index contributed by atoms with van der Waals surface area (Å²) in [6.45, 7) is 0. The van der Waals surface area contributed by atoms with Crippen molar-refractivity contribution in [2.45, 2.75) is 11.8 Å². The molecular weight excluding hydrogens is 685 g/mol. The Balaban J connectivity index is 0.949. The highest BCUT2D eigenvalue weighted by atomic mass is 15.1. The third-order valence-corrected chi connectivity index (χ3v) is 11.2. The number of hydrogen-bond donors (Lipinski definition) is 0. The average molecular weight is 717 g/mol. The molecule has 0 N–H and O–H groups in total. The Labute approximate surface area is 324 Å². The summed E-state index contributed by atoms with van der Waals surface area (Å²) in [6, 6.07) is 56.0. The second-order valence-corrected chi connectivity index (χ2v) is 14.4. The van der Waals surface area contributed by atoms with Gasteiger partial charge in [-0.2, -0.15) is 10.2 Å². The molecule has 12 rings (SSSR count). The quantitative estimate of drug-likeness (QED) is 0.170. The van der Waals surface area contributed by atoms with E-state index >= 15 is 0 Å². The van der Waals surface area contributed by atoms with Crippen molar-refractivity contribution in [3.05, 3.63) is 216 Å². The molecule has 262 valence electrons. The van der Waals surface area contributed by atoms with Crippen LogP contribution >= 0.6 is 0 Å². The summed E-state index contributed by atoms with van der Waals surface area (Å²) in [6.07, 6.45) is 7.26. The van der Waals surface area contributed by atoms with E-state index in [0.29, 0.717) is 17.5 Å². The van der Waals surface area contributed by atoms with Crippen molar-refractivity contribution in [1.82, 2.24) is 30.1 Å². The molecule has 0 fully saturated rings. The molecule has 0 spiro atoms. The van der Waals surface area contributed by atoms with E-state index < -0.39 is 0 Å². The number of nitrogens with zero attached hydrogens (tertiary/aromatic N) is 6. The van der Waals surface area contributed by atoms with E-state index in [0.717, 1.165) is 38.9 Å². The summed E-state index contributed by atoms with van der Waals surface area (Å²) < 4.78 is 0. The van der Waals surface area contributed by atoms with Crippen LogP contribution in [0.4, 0.5) is 0 Å². The van der Waals surface area contributed by atoms with Gasteiger partial charge in [0.05, 0.1) is 12.4 Å². The lowest BCUT2D eigenvalue weighted by molar-refractivity contribution is 0.755. The van der Waals surface area contributed by atoms with Crippen molar-refractivity contribution >= 4 is 0 Å². The number of pyridine rings is 1. The van der Waals surface area contributed by atoms with E-state index in [1.807, 2.05) is 54.9 Å². The predicted octanol–water partition coefficient (Wildman–Crippen LogP) is 11.0. The Kier molecular flexibility index (Phi) is 7.52. The smallest absolute Gasteiger partial charge is 0.164 e. The normalized spacial score (nSPS) is 14.8. The molecule has 56 heavy (non-hydrogen) atoms. The minimum absolute atomic E-state index is 0.170. The molecular formula is C50H32N6. The van der Waals surface area contributed by atoms with Gasteiger partial charge in [-0.25, -0.2) is 15.0 Å². The Morgan fingerprint density at radius 1 is 0.286 bits per heavy atom. The molecule has 0 saturated heterocycles. The van der Waals surface area contributed by atoms with E-state index in [-0.39, 0.29) is 11.8 Å². The number of aromatic nitrogens is 6. The van der Waals surface area contributed by atoms with Gasteiger partial charge in [0.15, 0.2) is 17.5 Å². The maximum absolute atomic E-state index is 5.01. The zero-order valence-corrected chi connectivity index (χ0v) is 30.2. The van der Waals surface area contributed by atoms with Crippen molar-refractivity contribution in [1.29, 1.82) is 0 Å². The molecule has 6 nitrogen and oxygen atoms in total. The summed E-state index contributed by atoms with van der Waals surface area (Å²) in [5, 5.41) is 8.13. The number of rotatable bonds is 6. The third kappa shape index (κ3) is 5.42.